The van der Waals surface area contributed by atoms with Gasteiger partial charge in [-0.3, -0.25) is 0 Å². The van der Waals surface area contributed by atoms with Gasteiger partial charge in [-0.25, -0.2) is 4.79 Å². The standard InChI is InChI=1S/C14H24O2/c1-4-6-12-8-11(10-14(15)16-3)9-13(12)7-5-2/h10,12-13H,4-9H2,1-3H3/t12-,13-/m0/s1. The molecule has 0 aromatic heterocycles. The third-order valence-electron chi connectivity index (χ3n) is 3.56. The van der Waals surface area contributed by atoms with Crippen LogP contribution >= 0.6 is 0 Å². The van der Waals surface area contributed by atoms with Crippen molar-refractivity contribution in [3.05, 3.63) is 11.6 Å². The van der Waals surface area contributed by atoms with Crippen molar-refractivity contribution in [3.8, 4) is 0 Å². The summed E-state index contributed by atoms with van der Waals surface area (Å²) in [6, 6.07) is 0. The van der Waals surface area contributed by atoms with E-state index in [4.69, 9.17) is 0 Å². The molecule has 1 saturated carbocycles. The smallest absolute Gasteiger partial charge is 0.330 e. The van der Waals surface area contributed by atoms with Crippen LogP contribution in [0.25, 0.3) is 0 Å². The van der Waals surface area contributed by atoms with E-state index >= 15 is 0 Å². The largest absolute Gasteiger partial charge is 0.466 e. The summed E-state index contributed by atoms with van der Waals surface area (Å²) >= 11 is 0. The van der Waals surface area contributed by atoms with Crippen LogP contribution in [0.5, 0.6) is 0 Å². The molecule has 0 spiro atoms. The average molecular weight is 224 g/mol. The van der Waals surface area contributed by atoms with Crippen molar-refractivity contribution in [2.75, 3.05) is 7.11 Å². The minimum Gasteiger partial charge on any atom is -0.466 e. The number of hydrogen-bond acceptors (Lipinski definition) is 2. The van der Waals surface area contributed by atoms with Gasteiger partial charge < -0.3 is 4.74 Å². The Morgan fingerprint density at radius 1 is 1.25 bits per heavy atom. The number of methoxy groups -OCH3 is 1. The zero-order valence-corrected chi connectivity index (χ0v) is 10.8. The fourth-order valence-electron chi connectivity index (χ4n) is 2.85. The van der Waals surface area contributed by atoms with Crippen LogP contribution in [-0.2, 0) is 9.53 Å². The Labute approximate surface area is 99.1 Å². The van der Waals surface area contributed by atoms with Gasteiger partial charge in [0, 0.05) is 6.08 Å². The van der Waals surface area contributed by atoms with E-state index in [-0.39, 0.29) is 5.97 Å². The molecule has 2 heteroatoms. The van der Waals surface area contributed by atoms with Gasteiger partial charge in [0.05, 0.1) is 7.11 Å². The number of allylic oxidation sites excluding steroid dienone is 1. The molecule has 92 valence electrons. The van der Waals surface area contributed by atoms with Crippen molar-refractivity contribution in [2.24, 2.45) is 11.8 Å². The van der Waals surface area contributed by atoms with E-state index in [0.29, 0.717) is 0 Å². The Balaban J connectivity index is 2.60. The first-order valence-electron chi connectivity index (χ1n) is 6.48. The lowest BCUT2D eigenvalue weighted by Gasteiger charge is -2.17. The molecule has 0 aromatic carbocycles. The molecular weight excluding hydrogens is 200 g/mol. The molecule has 1 aliphatic carbocycles. The highest BCUT2D eigenvalue weighted by Crippen LogP contribution is 2.41. The van der Waals surface area contributed by atoms with Gasteiger partial charge in [0.1, 0.15) is 0 Å². The van der Waals surface area contributed by atoms with Crippen molar-refractivity contribution in [1.29, 1.82) is 0 Å². The highest BCUT2D eigenvalue weighted by atomic mass is 16.5. The third kappa shape index (κ3) is 3.66. The van der Waals surface area contributed by atoms with Gasteiger partial charge in [-0.05, 0) is 24.7 Å². The molecule has 2 atom stereocenters. The van der Waals surface area contributed by atoms with Crippen LogP contribution in [0.1, 0.15) is 52.4 Å². The lowest BCUT2D eigenvalue weighted by molar-refractivity contribution is -0.134. The number of carbonyl (C=O) groups excluding carboxylic acids is 1. The lowest BCUT2D eigenvalue weighted by atomic mass is 9.89. The molecule has 0 radical (unpaired) electrons. The van der Waals surface area contributed by atoms with Crippen molar-refractivity contribution in [1.82, 2.24) is 0 Å². The third-order valence-corrected chi connectivity index (χ3v) is 3.56. The van der Waals surface area contributed by atoms with E-state index in [1.165, 1.54) is 38.4 Å². The maximum Gasteiger partial charge on any atom is 0.330 e. The SMILES string of the molecule is CCC[C@H]1CC(=CC(=O)OC)C[C@@H]1CCC. The van der Waals surface area contributed by atoms with Gasteiger partial charge >= 0.3 is 5.97 Å². The van der Waals surface area contributed by atoms with E-state index in [0.717, 1.165) is 24.7 Å². The second-order valence-corrected chi connectivity index (χ2v) is 4.83. The highest BCUT2D eigenvalue weighted by molar-refractivity contribution is 5.82. The summed E-state index contributed by atoms with van der Waals surface area (Å²) in [7, 11) is 1.45. The monoisotopic (exact) mass is 224 g/mol. The molecule has 0 heterocycles. The summed E-state index contributed by atoms with van der Waals surface area (Å²) in [5.41, 5.74) is 1.30. The topological polar surface area (TPSA) is 26.3 Å². The van der Waals surface area contributed by atoms with Crippen LogP contribution < -0.4 is 0 Å². The van der Waals surface area contributed by atoms with Crippen LogP contribution in [0.4, 0.5) is 0 Å². The molecule has 0 unspecified atom stereocenters. The maximum absolute atomic E-state index is 11.2. The normalized spacial score (nSPS) is 24.6. The second-order valence-electron chi connectivity index (χ2n) is 4.83. The fourth-order valence-corrected chi connectivity index (χ4v) is 2.85. The number of rotatable bonds is 5. The summed E-state index contributed by atoms with van der Waals surface area (Å²) < 4.78 is 4.69. The lowest BCUT2D eigenvalue weighted by Crippen LogP contribution is -2.06. The highest BCUT2D eigenvalue weighted by Gasteiger charge is 2.29. The van der Waals surface area contributed by atoms with E-state index in [2.05, 4.69) is 18.6 Å². The molecular formula is C14H24O2. The van der Waals surface area contributed by atoms with Crippen molar-refractivity contribution < 1.29 is 9.53 Å². The molecule has 0 aliphatic heterocycles. The van der Waals surface area contributed by atoms with Crippen LogP contribution in [0, 0.1) is 11.8 Å². The Bertz CT molecular complexity index is 239. The van der Waals surface area contributed by atoms with Gasteiger partial charge in [0.2, 0.25) is 0 Å². The van der Waals surface area contributed by atoms with Crippen LogP contribution in [0.3, 0.4) is 0 Å². The molecule has 2 nitrogen and oxygen atoms in total. The quantitative estimate of drug-likeness (QED) is 0.525. The number of esters is 1. The molecule has 0 saturated heterocycles. The van der Waals surface area contributed by atoms with Gasteiger partial charge in [0.15, 0.2) is 0 Å². The first-order chi connectivity index (χ1) is 7.71. The van der Waals surface area contributed by atoms with E-state index in [1.54, 1.807) is 6.08 Å². The van der Waals surface area contributed by atoms with Crippen LogP contribution in [0.2, 0.25) is 0 Å². The minimum absolute atomic E-state index is 0.192. The zero-order chi connectivity index (χ0) is 12.0. The molecule has 0 amide bonds. The number of ether oxygens (including phenoxy) is 1. The Hall–Kier alpha value is -0.790. The average Bonchev–Trinajstić information content (AvgIpc) is 2.62. The summed E-state index contributed by atoms with van der Waals surface area (Å²) in [6.07, 6.45) is 9.00. The Morgan fingerprint density at radius 3 is 2.12 bits per heavy atom. The van der Waals surface area contributed by atoms with E-state index < -0.39 is 0 Å². The Kier molecular flexibility index (Phi) is 5.58. The molecule has 1 fully saturated rings. The molecule has 0 aromatic rings. The Morgan fingerprint density at radius 2 is 1.75 bits per heavy atom. The van der Waals surface area contributed by atoms with Gasteiger partial charge in [-0.2, -0.15) is 0 Å². The second kappa shape index (κ2) is 6.72. The van der Waals surface area contributed by atoms with Gasteiger partial charge in [-0.1, -0.05) is 45.1 Å². The van der Waals surface area contributed by atoms with Gasteiger partial charge in [-0.15, -0.1) is 0 Å². The van der Waals surface area contributed by atoms with Crippen molar-refractivity contribution in [3.63, 3.8) is 0 Å². The summed E-state index contributed by atoms with van der Waals surface area (Å²) in [5.74, 6) is 1.39. The predicted octanol–water partition coefficient (Wildman–Crippen LogP) is 3.71. The summed E-state index contributed by atoms with van der Waals surface area (Å²) in [4.78, 5) is 11.2. The molecule has 0 bridgehead atoms. The fraction of sp³-hybridized carbons (Fsp3) is 0.786. The van der Waals surface area contributed by atoms with Gasteiger partial charge in [0.25, 0.3) is 0 Å². The van der Waals surface area contributed by atoms with E-state index in [1.807, 2.05) is 0 Å². The number of carbonyl (C=O) groups is 1. The molecule has 0 N–H and O–H groups in total. The van der Waals surface area contributed by atoms with Crippen LogP contribution in [-0.4, -0.2) is 13.1 Å². The first kappa shape index (κ1) is 13.3. The van der Waals surface area contributed by atoms with Crippen LogP contribution in [0.15, 0.2) is 11.6 Å². The predicted molar refractivity (Wildman–Crippen MR) is 66.1 cm³/mol. The van der Waals surface area contributed by atoms with E-state index in [9.17, 15) is 4.79 Å². The molecule has 1 rings (SSSR count). The van der Waals surface area contributed by atoms with Crippen molar-refractivity contribution in [2.45, 2.75) is 52.4 Å². The first-order valence-corrected chi connectivity index (χ1v) is 6.48. The maximum atomic E-state index is 11.2. The van der Waals surface area contributed by atoms with Crippen molar-refractivity contribution >= 4 is 5.97 Å². The zero-order valence-electron chi connectivity index (χ0n) is 10.8. The minimum atomic E-state index is -0.192. The summed E-state index contributed by atoms with van der Waals surface area (Å²) in [5, 5.41) is 0. The number of hydrogen-bond donors (Lipinski definition) is 0. The molecule has 16 heavy (non-hydrogen) atoms. The summed E-state index contributed by atoms with van der Waals surface area (Å²) in [6.45, 7) is 4.48. The molecule has 1 aliphatic rings.